The number of carbonyl (C=O) groups excluding carboxylic acids is 2. The number of ether oxygens (including phenoxy) is 1. The maximum absolute atomic E-state index is 13.0. The number of rotatable bonds is 5. The summed E-state index contributed by atoms with van der Waals surface area (Å²) in [6, 6.07) is 16.3. The third-order valence-corrected chi connectivity index (χ3v) is 5.39. The van der Waals surface area contributed by atoms with Crippen LogP contribution in [-0.4, -0.2) is 33.8 Å². The normalized spacial score (nSPS) is 17.7. The molecule has 1 atom stereocenters. The number of benzene rings is 2. The van der Waals surface area contributed by atoms with Crippen LogP contribution in [0.1, 0.15) is 22.7 Å². The number of hydrogen-bond acceptors (Lipinski definition) is 5. The van der Waals surface area contributed by atoms with E-state index >= 15 is 0 Å². The number of aliphatic hydroxyl groups is 1. The Bertz CT molecular complexity index is 1160. The Morgan fingerprint density at radius 2 is 1.90 bits per heavy atom. The summed E-state index contributed by atoms with van der Waals surface area (Å²) in [4.78, 5) is 31.6. The zero-order valence-electron chi connectivity index (χ0n) is 16.7. The summed E-state index contributed by atoms with van der Waals surface area (Å²) in [5.74, 6) is -1.11. The summed E-state index contributed by atoms with van der Waals surface area (Å²) in [6.45, 7) is 0.164. The highest BCUT2D eigenvalue weighted by atomic mass is 35.5. The highest BCUT2D eigenvalue weighted by molar-refractivity contribution is 6.46. The van der Waals surface area contributed by atoms with Crippen LogP contribution in [0.2, 0.25) is 5.02 Å². The predicted octanol–water partition coefficient (Wildman–Crippen LogP) is 4.37. The third kappa shape index (κ3) is 4.02. The van der Waals surface area contributed by atoms with Crippen LogP contribution in [0, 0.1) is 0 Å². The van der Waals surface area contributed by atoms with Crippen LogP contribution in [0.5, 0.6) is 5.75 Å². The monoisotopic (exact) mass is 434 g/mol. The van der Waals surface area contributed by atoms with Gasteiger partial charge in [-0.1, -0.05) is 29.8 Å². The fourth-order valence-corrected chi connectivity index (χ4v) is 3.78. The second-order valence-electron chi connectivity index (χ2n) is 7.07. The highest BCUT2D eigenvalue weighted by Crippen LogP contribution is 2.41. The first kappa shape index (κ1) is 20.6. The molecule has 0 aliphatic carbocycles. The molecule has 2 heterocycles. The summed E-state index contributed by atoms with van der Waals surface area (Å²) < 4.78 is 5.32. The van der Waals surface area contributed by atoms with E-state index in [0.717, 1.165) is 5.56 Å². The number of methoxy groups -OCH3 is 1. The van der Waals surface area contributed by atoms with Gasteiger partial charge in [-0.05, 0) is 53.6 Å². The van der Waals surface area contributed by atoms with Gasteiger partial charge in [0.2, 0.25) is 0 Å². The molecule has 1 aliphatic heterocycles. The predicted molar refractivity (Wildman–Crippen MR) is 117 cm³/mol. The van der Waals surface area contributed by atoms with Gasteiger partial charge in [0.1, 0.15) is 11.5 Å². The SMILES string of the molecule is COc1cccc([C@H]2C(=C(O)c3ccc(Cl)cc3)C(=O)C(=O)N2Cc2cccnc2)c1. The average Bonchev–Trinajstić information content (AvgIpc) is 3.05. The van der Waals surface area contributed by atoms with Crippen molar-refractivity contribution < 1.29 is 19.4 Å². The first-order valence-electron chi connectivity index (χ1n) is 9.57. The van der Waals surface area contributed by atoms with Crippen LogP contribution in [0.15, 0.2) is 78.6 Å². The van der Waals surface area contributed by atoms with Crippen molar-refractivity contribution in [2.24, 2.45) is 0 Å². The number of Topliss-reactive ketones (excluding diaryl/α,β-unsaturated/α-hetero) is 1. The fourth-order valence-electron chi connectivity index (χ4n) is 3.65. The molecule has 2 aromatic carbocycles. The van der Waals surface area contributed by atoms with Gasteiger partial charge in [0.15, 0.2) is 0 Å². The Morgan fingerprint density at radius 3 is 2.58 bits per heavy atom. The van der Waals surface area contributed by atoms with Crippen LogP contribution in [0.25, 0.3) is 5.76 Å². The number of hydrogen-bond donors (Lipinski definition) is 1. The Labute approximate surface area is 184 Å². The van der Waals surface area contributed by atoms with E-state index in [2.05, 4.69) is 4.98 Å². The molecule has 156 valence electrons. The molecule has 0 bridgehead atoms. The molecule has 1 fully saturated rings. The third-order valence-electron chi connectivity index (χ3n) is 5.14. The van der Waals surface area contributed by atoms with E-state index in [4.69, 9.17) is 16.3 Å². The molecule has 0 saturated carbocycles. The molecule has 1 aromatic heterocycles. The zero-order chi connectivity index (χ0) is 22.0. The van der Waals surface area contributed by atoms with Crippen LogP contribution in [-0.2, 0) is 16.1 Å². The second-order valence-corrected chi connectivity index (χ2v) is 7.51. The minimum absolute atomic E-state index is 0.0180. The lowest BCUT2D eigenvalue weighted by atomic mass is 9.95. The molecule has 1 aliphatic rings. The molecule has 1 saturated heterocycles. The minimum atomic E-state index is -0.786. The Hall–Kier alpha value is -3.64. The van der Waals surface area contributed by atoms with Crippen LogP contribution in [0.4, 0.5) is 0 Å². The van der Waals surface area contributed by atoms with Crippen molar-refractivity contribution in [3.8, 4) is 5.75 Å². The number of carbonyl (C=O) groups is 2. The summed E-state index contributed by atoms with van der Waals surface area (Å²) in [7, 11) is 1.54. The fraction of sp³-hybridized carbons (Fsp3) is 0.125. The zero-order valence-corrected chi connectivity index (χ0v) is 17.4. The standard InChI is InChI=1S/C24H19ClN2O4/c1-31-19-6-2-5-17(12-19)21-20(22(28)16-7-9-18(25)10-8-16)23(29)24(30)27(21)14-15-4-3-11-26-13-15/h2-13,21,28H,14H2,1H3/t21-/m0/s1. The molecule has 0 radical (unpaired) electrons. The number of amides is 1. The molecular weight excluding hydrogens is 416 g/mol. The first-order valence-corrected chi connectivity index (χ1v) is 9.94. The van der Waals surface area contributed by atoms with E-state index in [1.165, 1.54) is 4.90 Å². The van der Waals surface area contributed by atoms with Gasteiger partial charge in [-0.25, -0.2) is 0 Å². The number of aromatic nitrogens is 1. The van der Waals surface area contributed by atoms with Crippen molar-refractivity contribution in [1.82, 2.24) is 9.88 Å². The Balaban J connectivity index is 1.87. The van der Waals surface area contributed by atoms with E-state index < -0.39 is 17.7 Å². The van der Waals surface area contributed by atoms with E-state index in [1.54, 1.807) is 74.1 Å². The quantitative estimate of drug-likeness (QED) is 0.366. The lowest BCUT2D eigenvalue weighted by Crippen LogP contribution is -2.29. The topological polar surface area (TPSA) is 79.7 Å². The van der Waals surface area contributed by atoms with Gasteiger partial charge in [-0.2, -0.15) is 0 Å². The van der Waals surface area contributed by atoms with Gasteiger partial charge >= 0.3 is 0 Å². The molecule has 1 amide bonds. The van der Waals surface area contributed by atoms with Gasteiger partial charge in [-0.3, -0.25) is 14.6 Å². The van der Waals surface area contributed by atoms with Crippen molar-refractivity contribution in [1.29, 1.82) is 0 Å². The summed E-state index contributed by atoms with van der Waals surface area (Å²) in [5, 5.41) is 11.5. The van der Waals surface area contributed by atoms with Crippen molar-refractivity contribution in [2.75, 3.05) is 7.11 Å². The van der Waals surface area contributed by atoms with Crippen molar-refractivity contribution in [3.05, 3.63) is 100 Å². The van der Waals surface area contributed by atoms with Gasteiger partial charge in [0.25, 0.3) is 11.7 Å². The van der Waals surface area contributed by atoms with E-state index in [0.29, 0.717) is 21.9 Å². The molecule has 31 heavy (non-hydrogen) atoms. The maximum Gasteiger partial charge on any atom is 0.295 e. The van der Waals surface area contributed by atoms with Crippen LogP contribution < -0.4 is 4.74 Å². The Kier molecular flexibility index (Phi) is 5.73. The number of likely N-dealkylation sites (tertiary alicyclic amines) is 1. The molecule has 3 aromatic rings. The van der Waals surface area contributed by atoms with E-state index in [-0.39, 0.29) is 17.9 Å². The van der Waals surface area contributed by atoms with Gasteiger partial charge < -0.3 is 14.7 Å². The van der Waals surface area contributed by atoms with E-state index in [9.17, 15) is 14.7 Å². The van der Waals surface area contributed by atoms with Gasteiger partial charge in [-0.15, -0.1) is 0 Å². The first-order chi connectivity index (χ1) is 15.0. The second kappa shape index (κ2) is 8.62. The van der Waals surface area contributed by atoms with Gasteiger partial charge in [0, 0.05) is 29.5 Å². The number of halogens is 1. The molecule has 0 unspecified atom stereocenters. The number of aliphatic hydroxyl groups excluding tert-OH is 1. The smallest absolute Gasteiger partial charge is 0.295 e. The lowest BCUT2D eigenvalue weighted by molar-refractivity contribution is -0.140. The molecule has 4 rings (SSSR count). The Morgan fingerprint density at radius 1 is 1.13 bits per heavy atom. The minimum Gasteiger partial charge on any atom is -0.507 e. The van der Waals surface area contributed by atoms with Crippen molar-refractivity contribution in [2.45, 2.75) is 12.6 Å². The summed E-state index contributed by atoms with van der Waals surface area (Å²) >= 11 is 5.95. The van der Waals surface area contributed by atoms with Crippen molar-refractivity contribution in [3.63, 3.8) is 0 Å². The molecule has 0 spiro atoms. The van der Waals surface area contributed by atoms with Crippen molar-refractivity contribution >= 4 is 29.1 Å². The molecular formula is C24H19ClN2O4. The van der Waals surface area contributed by atoms with Crippen LogP contribution >= 0.6 is 11.6 Å². The summed E-state index contributed by atoms with van der Waals surface area (Å²) in [6.07, 6.45) is 3.28. The number of nitrogens with zero attached hydrogens (tertiary/aromatic N) is 2. The number of ketones is 1. The highest BCUT2D eigenvalue weighted by Gasteiger charge is 2.46. The molecule has 1 N–H and O–H groups in total. The lowest BCUT2D eigenvalue weighted by Gasteiger charge is -2.25. The molecule has 6 nitrogen and oxygen atoms in total. The maximum atomic E-state index is 13.0. The summed E-state index contributed by atoms with van der Waals surface area (Å²) in [5.41, 5.74) is 1.84. The molecule has 7 heteroatoms. The van der Waals surface area contributed by atoms with E-state index in [1.807, 2.05) is 6.07 Å². The largest absolute Gasteiger partial charge is 0.507 e. The van der Waals surface area contributed by atoms with Crippen LogP contribution in [0.3, 0.4) is 0 Å². The van der Waals surface area contributed by atoms with Gasteiger partial charge in [0.05, 0.1) is 18.7 Å². The number of pyridine rings is 1. The average molecular weight is 435 g/mol.